The van der Waals surface area contributed by atoms with Gasteiger partial charge in [-0.2, -0.15) is 0 Å². The van der Waals surface area contributed by atoms with Gasteiger partial charge in [-0.25, -0.2) is 9.97 Å². The molecule has 3 rings (SSSR count). The van der Waals surface area contributed by atoms with Gasteiger partial charge in [0.15, 0.2) is 0 Å². The minimum atomic E-state index is 0.463. The summed E-state index contributed by atoms with van der Waals surface area (Å²) in [5.74, 6) is 0.737. The first-order valence-corrected chi connectivity index (χ1v) is 9.33. The predicted molar refractivity (Wildman–Crippen MR) is 101 cm³/mol. The summed E-state index contributed by atoms with van der Waals surface area (Å²) in [5, 5.41) is 4.57. The van der Waals surface area contributed by atoms with E-state index in [1.54, 1.807) is 7.11 Å². The molecule has 1 aromatic heterocycles. The van der Waals surface area contributed by atoms with Gasteiger partial charge in [-0.1, -0.05) is 15.9 Å². The van der Waals surface area contributed by atoms with Gasteiger partial charge in [0.2, 0.25) is 5.95 Å². The largest absolute Gasteiger partial charge is 0.383 e. The lowest BCUT2D eigenvalue weighted by atomic mass is 9.90. The van der Waals surface area contributed by atoms with Gasteiger partial charge in [-0.3, -0.25) is 0 Å². The van der Waals surface area contributed by atoms with Gasteiger partial charge in [0.05, 0.1) is 12.1 Å². The van der Waals surface area contributed by atoms with Crippen LogP contribution in [-0.2, 0) is 4.74 Å². The standard InChI is InChI=1S/C18H25BrN4O/c1-23(9-10-24-2)16-6-4-15(5-7-16)21-18-20-12-13-11-14(19)3-8-17(13)22-18/h3,8,11-12,15-16H,4-7,9-10H2,1-2H3,(H,20,21,22)/t15-,16-. The molecule has 1 heterocycles. The SMILES string of the molecule is COCCN(C)[C@H]1CC[C@H](Nc2ncc3cc(Br)ccc3n2)CC1. The molecule has 130 valence electrons. The lowest BCUT2D eigenvalue weighted by molar-refractivity contribution is 0.121. The monoisotopic (exact) mass is 392 g/mol. The van der Waals surface area contributed by atoms with Crippen LogP contribution in [0.2, 0.25) is 0 Å². The summed E-state index contributed by atoms with van der Waals surface area (Å²) in [6.07, 6.45) is 6.61. The van der Waals surface area contributed by atoms with Crippen LogP contribution in [0.15, 0.2) is 28.9 Å². The van der Waals surface area contributed by atoms with Crippen molar-refractivity contribution in [2.45, 2.75) is 37.8 Å². The Labute approximate surface area is 151 Å². The van der Waals surface area contributed by atoms with Crippen LogP contribution in [0, 0.1) is 0 Å². The van der Waals surface area contributed by atoms with E-state index in [0.717, 1.165) is 47.3 Å². The minimum absolute atomic E-state index is 0.463. The molecule has 0 bridgehead atoms. The van der Waals surface area contributed by atoms with Gasteiger partial charge >= 0.3 is 0 Å². The Morgan fingerprint density at radius 2 is 2.08 bits per heavy atom. The highest BCUT2D eigenvalue weighted by Gasteiger charge is 2.24. The summed E-state index contributed by atoms with van der Waals surface area (Å²) >= 11 is 3.48. The number of halogens is 1. The molecule has 0 radical (unpaired) electrons. The normalized spacial score (nSPS) is 21.3. The number of benzene rings is 1. The zero-order valence-electron chi connectivity index (χ0n) is 14.3. The molecule has 1 N–H and O–H groups in total. The maximum atomic E-state index is 5.17. The number of likely N-dealkylation sites (N-methyl/N-ethyl adjacent to an activating group) is 1. The average Bonchev–Trinajstić information content (AvgIpc) is 2.60. The molecule has 0 saturated heterocycles. The molecule has 1 fully saturated rings. The fourth-order valence-electron chi connectivity index (χ4n) is 3.34. The highest BCUT2D eigenvalue weighted by molar-refractivity contribution is 9.10. The first-order valence-electron chi connectivity index (χ1n) is 8.53. The first kappa shape index (κ1) is 17.6. The molecule has 6 heteroatoms. The van der Waals surface area contributed by atoms with Crippen LogP contribution in [0.25, 0.3) is 10.9 Å². The smallest absolute Gasteiger partial charge is 0.223 e. The molecule has 1 aliphatic rings. The Morgan fingerprint density at radius 3 is 2.83 bits per heavy atom. The van der Waals surface area contributed by atoms with Gasteiger partial charge < -0.3 is 15.0 Å². The molecule has 5 nitrogen and oxygen atoms in total. The van der Waals surface area contributed by atoms with E-state index in [1.807, 2.05) is 24.4 Å². The number of anilines is 1. The van der Waals surface area contributed by atoms with Crippen LogP contribution in [0.5, 0.6) is 0 Å². The maximum absolute atomic E-state index is 5.17. The second-order valence-corrected chi connectivity index (χ2v) is 7.44. The van der Waals surface area contributed by atoms with E-state index in [0.29, 0.717) is 12.1 Å². The quantitative estimate of drug-likeness (QED) is 0.811. The third-order valence-corrected chi connectivity index (χ3v) is 5.34. The molecular weight excluding hydrogens is 368 g/mol. The Kier molecular flexibility index (Phi) is 6.03. The Bertz CT molecular complexity index is 673. The summed E-state index contributed by atoms with van der Waals surface area (Å²) in [7, 11) is 3.96. The number of fused-ring (bicyclic) bond motifs is 1. The Hall–Kier alpha value is -1.24. The van der Waals surface area contributed by atoms with Crippen LogP contribution in [-0.4, -0.2) is 54.3 Å². The summed E-state index contributed by atoms with van der Waals surface area (Å²) in [6, 6.07) is 7.20. The molecular formula is C18H25BrN4O. The number of hydrogen-bond acceptors (Lipinski definition) is 5. The molecule has 0 aliphatic heterocycles. The van der Waals surface area contributed by atoms with Crippen LogP contribution in [0.3, 0.4) is 0 Å². The number of aromatic nitrogens is 2. The summed E-state index contributed by atoms with van der Waals surface area (Å²) in [5.41, 5.74) is 0.976. The second-order valence-electron chi connectivity index (χ2n) is 6.52. The van der Waals surface area contributed by atoms with Crippen molar-refractivity contribution in [2.24, 2.45) is 0 Å². The third-order valence-electron chi connectivity index (χ3n) is 4.84. The molecule has 2 aromatic rings. The number of methoxy groups -OCH3 is 1. The summed E-state index contributed by atoms with van der Waals surface area (Å²) in [4.78, 5) is 11.5. The second kappa shape index (κ2) is 8.23. The zero-order chi connectivity index (χ0) is 16.9. The number of nitrogens with one attached hydrogen (secondary N) is 1. The first-order chi connectivity index (χ1) is 11.7. The van der Waals surface area contributed by atoms with Crippen LogP contribution >= 0.6 is 15.9 Å². The zero-order valence-corrected chi connectivity index (χ0v) is 15.9. The van der Waals surface area contributed by atoms with E-state index in [-0.39, 0.29) is 0 Å². The van der Waals surface area contributed by atoms with E-state index in [1.165, 1.54) is 12.8 Å². The molecule has 1 aromatic carbocycles. The fraction of sp³-hybridized carbons (Fsp3) is 0.556. The Morgan fingerprint density at radius 1 is 1.29 bits per heavy atom. The van der Waals surface area contributed by atoms with Crippen molar-refractivity contribution in [3.63, 3.8) is 0 Å². The molecule has 1 aliphatic carbocycles. The van der Waals surface area contributed by atoms with Gasteiger partial charge in [0.1, 0.15) is 0 Å². The molecule has 1 saturated carbocycles. The van der Waals surface area contributed by atoms with Crippen molar-refractivity contribution in [2.75, 3.05) is 32.6 Å². The molecule has 24 heavy (non-hydrogen) atoms. The van der Waals surface area contributed by atoms with Gasteiger partial charge in [0, 0.05) is 41.8 Å². The number of ether oxygens (including phenoxy) is 1. The van der Waals surface area contributed by atoms with Crippen molar-refractivity contribution < 1.29 is 4.74 Å². The third kappa shape index (κ3) is 4.43. The number of nitrogens with zero attached hydrogens (tertiary/aromatic N) is 3. The average molecular weight is 393 g/mol. The minimum Gasteiger partial charge on any atom is -0.383 e. The lowest BCUT2D eigenvalue weighted by Gasteiger charge is -2.34. The van der Waals surface area contributed by atoms with Crippen LogP contribution in [0.4, 0.5) is 5.95 Å². The van der Waals surface area contributed by atoms with E-state index in [2.05, 4.69) is 43.2 Å². The van der Waals surface area contributed by atoms with Crippen molar-refractivity contribution in [3.05, 3.63) is 28.9 Å². The molecule has 0 atom stereocenters. The van der Waals surface area contributed by atoms with Crippen molar-refractivity contribution in [3.8, 4) is 0 Å². The Balaban J connectivity index is 1.55. The maximum Gasteiger partial charge on any atom is 0.223 e. The van der Waals surface area contributed by atoms with Crippen LogP contribution < -0.4 is 5.32 Å². The van der Waals surface area contributed by atoms with Gasteiger partial charge in [-0.05, 0) is 50.9 Å². The number of rotatable bonds is 6. The van der Waals surface area contributed by atoms with Crippen molar-refractivity contribution in [1.29, 1.82) is 0 Å². The van der Waals surface area contributed by atoms with Gasteiger partial charge in [-0.15, -0.1) is 0 Å². The van der Waals surface area contributed by atoms with Crippen molar-refractivity contribution >= 4 is 32.8 Å². The molecule has 0 spiro atoms. The predicted octanol–water partition coefficient (Wildman–Crippen LogP) is 3.69. The highest BCUT2D eigenvalue weighted by atomic mass is 79.9. The van der Waals surface area contributed by atoms with E-state index in [4.69, 9.17) is 4.74 Å². The fourth-order valence-corrected chi connectivity index (χ4v) is 3.71. The van der Waals surface area contributed by atoms with Crippen LogP contribution in [0.1, 0.15) is 25.7 Å². The van der Waals surface area contributed by atoms with Crippen molar-refractivity contribution in [1.82, 2.24) is 14.9 Å². The van der Waals surface area contributed by atoms with E-state index >= 15 is 0 Å². The summed E-state index contributed by atoms with van der Waals surface area (Å²) in [6.45, 7) is 1.80. The topological polar surface area (TPSA) is 50.3 Å². The molecule has 0 unspecified atom stereocenters. The molecule has 0 amide bonds. The lowest BCUT2D eigenvalue weighted by Crippen LogP contribution is -2.39. The van der Waals surface area contributed by atoms with E-state index in [9.17, 15) is 0 Å². The highest BCUT2D eigenvalue weighted by Crippen LogP contribution is 2.25. The van der Waals surface area contributed by atoms with Gasteiger partial charge in [0.25, 0.3) is 0 Å². The van der Waals surface area contributed by atoms with E-state index < -0.39 is 0 Å². The number of hydrogen-bond donors (Lipinski definition) is 1. The summed E-state index contributed by atoms with van der Waals surface area (Å²) < 4.78 is 6.22.